The number of aromatic nitrogens is 2. The van der Waals surface area contributed by atoms with Crippen LogP contribution in [0.2, 0.25) is 5.02 Å². The van der Waals surface area contributed by atoms with Gasteiger partial charge in [-0.2, -0.15) is 0 Å². The summed E-state index contributed by atoms with van der Waals surface area (Å²) >= 11 is 6.02. The van der Waals surface area contributed by atoms with Gasteiger partial charge in [-0.3, -0.25) is 14.2 Å². The summed E-state index contributed by atoms with van der Waals surface area (Å²) < 4.78 is 6.41. The lowest BCUT2D eigenvalue weighted by atomic mass is 10.2. The first-order valence-electron chi connectivity index (χ1n) is 7.19. The van der Waals surface area contributed by atoms with Crippen LogP contribution in [0.1, 0.15) is 5.56 Å². The van der Waals surface area contributed by atoms with Gasteiger partial charge in [-0.25, -0.2) is 4.98 Å². The molecule has 3 aromatic rings. The van der Waals surface area contributed by atoms with E-state index in [1.807, 2.05) is 13.0 Å². The number of hydrogen-bond acceptors (Lipinski definition) is 4. The molecule has 24 heavy (non-hydrogen) atoms. The average molecular weight is 344 g/mol. The second-order valence-corrected chi connectivity index (χ2v) is 5.64. The molecule has 7 heteroatoms. The van der Waals surface area contributed by atoms with E-state index in [9.17, 15) is 9.59 Å². The van der Waals surface area contributed by atoms with Crippen molar-refractivity contribution in [1.82, 2.24) is 9.55 Å². The average Bonchev–Trinajstić information content (AvgIpc) is 3.07. The SMILES string of the molecule is Cc1ccc(NC(=O)Cn2cnc(-c3ccco3)cc2=O)cc1Cl. The molecular weight excluding hydrogens is 330 g/mol. The standard InChI is InChI=1S/C17H14ClN3O3/c1-11-4-5-12(7-13(11)18)20-16(22)9-21-10-19-14(8-17(21)23)15-3-2-6-24-15/h2-8,10H,9H2,1H3,(H,20,22). The van der Waals surface area contributed by atoms with Gasteiger partial charge in [-0.05, 0) is 36.8 Å². The molecule has 0 aliphatic rings. The van der Waals surface area contributed by atoms with E-state index >= 15 is 0 Å². The molecule has 6 nitrogen and oxygen atoms in total. The summed E-state index contributed by atoms with van der Waals surface area (Å²) in [6, 6.07) is 9.97. The summed E-state index contributed by atoms with van der Waals surface area (Å²) in [5.41, 5.74) is 1.58. The van der Waals surface area contributed by atoms with Crippen LogP contribution in [0.3, 0.4) is 0 Å². The van der Waals surface area contributed by atoms with Crippen molar-refractivity contribution < 1.29 is 9.21 Å². The Morgan fingerprint density at radius 2 is 2.17 bits per heavy atom. The molecular formula is C17H14ClN3O3. The van der Waals surface area contributed by atoms with E-state index in [-0.39, 0.29) is 18.0 Å². The first-order valence-corrected chi connectivity index (χ1v) is 7.57. The highest BCUT2D eigenvalue weighted by atomic mass is 35.5. The predicted octanol–water partition coefficient (Wildman–Crippen LogP) is 3.10. The molecule has 0 unspecified atom stereocenters. The first kappa shape index (κ1) is 16.0. The van der Waals surface area contributed by atoms with E-state index in [0.29, 0.717) is 22.2 Å². The van der Waals surface area contributed by atoms with E-state index in [0.717, 1.165) is 5.56 Å². The van der Waals surface area contributed by atoms with Crippen molar-refractivity contribution in [3.63, 3.8) is 0 Å². The Bertz CT molecular complexity index is 933. The molecule has 0 bridgehead atoms. The summed E-state index contributed by atoms with van der Waals surface area (Å²) in [6.45, 7) is 1.73. The maximum Gasteiger partial charge on any atom is 0.254 e. The number of halogens is 1. The number of carbonyl (C=O) groups is 1. The van der Waals surface area contributed by atoms with Crippen LogP contribution in [0.5, 0.6) is 0 Å². The topological polar surface area (TPSA) is 77.1 Å². The third-order valence-electron chi connectivity index (χ3n) is 3.42. The molecule has 0 spiro atoms. The van der Waals surface area contributed by atoms with Crippen LogP contribution in [0.15, 0.2) is 58.2 Å². The van der Waals surface area contributed by atoms with Crippen molar-refractivity contribution in [2.75, 3.05) is 5.32 Å². The molecule has 2 heterocycles. The highest BCUT2D eigenvalue weighted by Gasteiger charge is 2.09. The molecule has 0 aliphatic heterocycles. The van der Waals surface area contributed by atoms with Gasteiger partial charge in [-0.1, -0.05) is 17.7 Å². The molecule has 2 aromatic heterocycles. The maximum atomic E-state index is 12.1. The molecule has 0 saturated carbocycles. The molecule has 0 saturated heterocycles. The van der Waals surface area contributed by atoms with Crippen molar-refractivity contribution in [2.24, 2.45) is 0 Å². The maximum absolute atomic E-state index is 12.1. The van der Waals surface area contributed by atoms with Gasteiger partial charge >= 0.3 is 0 Å². The molecule has 1 amide bonds. The van der Waals surface area contributed by atoms with E-state index in [4.69, 9.17) is 16.0 Å². The van der Waals surface area contributed by atoms with Gasteiger partial charge in [0.15, 0.2) is 5.76 Å². The fourth-order valence-electron chi connectivity index (χ4n) is 2.13. The second-order valence-electron chi connectivity index (χ2n) is 5.23. The van der Waals surface area contributed by atoms with Gasteiger partial charge in [0.1, 0.15) is 12.2 Å². The van der Waals surface area contributed by atoms with Gasteiger partial charge in [0.05, 0.1) is 12.6 Å². The number of carbonyl (C=O) groups excluding carboxylic acids is 1. The third kappa shape index (κ3) is 3.55. The minimum absolute atomic E-state index is 0.143. The number of benzene rings is 1. The van der Waals surface area contributed by atoms with E-state index in [1.54, 1.807) is 24.3 Å². The minimum atomic E-state index is -0.343. The van der Waals surface area contributed by atoms with Crippen LogP contribution in [-0.2, 0) is 11.3 Å². The summed E-state index contributed by atoms with van der Waals surface area (Å²) in [7, 11) is 0. The lowest BCUT2D eigenvalue weighted by Crippen LogP contribution is -2.27. The Balaban J connectivity index is 1.72. The third-order valence-corrected chi connectivity index (χ3v) is 3.83. The summed E-state index contributed by atoms with van der Waals surface area (Å²) in [4.78, 5) is 28.3. The number of aryl methyl sites for hydroxylation is 1. The number of amides is 1. The number of anilines is 1. The van der Waals surface area contributed by atoms with Crippen LogP contribution in [0.25, 0.3) is 11.5 Å². The largest absolute Gasteiger partial charge is 0.463 e. The smallest absolute Gasteiger partial charge is 0.254 e. The number of hydrogen-bond donors (Lipinski definition) is 1. The van der Waals surface area contributed by atoms with Crippen molar-refractivity contribution in [3.8, 4) is 11.5 Å². The number of nitrogens with zero attached hydrogens (tertiary/aromatic N) is 2. The molecule has 0 atom stereocenters. The highest BCUT2D eigenvalue weighted by molar-refractivity contribution is 6.31. The van der Waals surface area contributed by atoms with Crippen LogP contribution >= 0.6 is 11.6 Å². The van der Waals surface area contributed by atoms with Gasteiger partial charge < -0.3 is 9.73 Å². The molecule has 122 valence electrons. The fourth-order valence-corrected chi connectivity index (χ4v) is 2.31. The molecule has 3 rings (SSSR count). The van der Waals surface area contributed by atoms with Crippen molar-refractivity contribution in [3.05, 3.63) is 69.9 Å². The van der Waals surface area contributed by atoms with E-state index in [1.165, 1.54) is 23.2 Å². The van der Waals surface area contributed by atoms with Crippen molar-refractivity contribution >= 4 is 23.2 Å². The molecule has 0 fully saturated rings. The Labute approximate surface area is 142 Å². The number of furan rings is 1. The zero-order valence-corrected chi connectivity index (χ0v) is 13.6. The van der Waals surface area contributed by atoms with Crippen LogP contribution < -0.4 is 10.9 Å². The Kier molecular flexibility index (Phi) is 4.48. The predicted molar refractivity (Wildman–Crippen MR) is 91.0 cm³/mol. The van der Waals surface area contributed by atoms with Crippen LogP contribution in [0.4, 0.5) is 5.69 Å². The normalized spacial score (nSPS) is 10.6. The Morgan fingerprint density at radius 1 is 1.33 bits per heavy atom. The van der Waals surface area contributed by atoms with Crippen molar-refractivity contribution in [2.45, 2.75) is 13.5 Å². The van der Waals surface area contributed by atoms with E-state index in [2.05, 4.69) is 10.3 Å². The Morgan fingerprint density at radius 3 is 2.83 bits per heavy atom. The number of rotatable bonds is 4. The van der Waals surface area contributed by atoms with E-state index < -0.39 is 0 Å². The quantitative estimate of drug-likeness (QED) is 0.789. The Hall–Kier alpha value is -2.86. The summed E-state index contributed by atoms with van der Waals surface area (Å²) in [5.74, 6) is 0.155. The summed E-state index contributed by atoms with van der Waals surface area (Å²) in [6.07, 6.45) is 2.82. The molecule has 0 radical (unpaired) electrons. The zero-order chi connectivity index (χ0) is 17.1. The van der Waals surface area contributed by atoms with Crippen LogP contribution in [-0.4, -0.2) is 15.5 Å². The molecule has 1 aromatic carbocycles. The molecule has 1 N–H and O–H groups in total. The lowest BCUT2D eigenvalue weighted by molar-refractivity contribution is -0.116. The van der Waals surface area contributed by atoms with Gasteiger partial charge in [0, 0.05) is 16.8 Å². The van der Waals surface area contributed by atoms with Gasteiger partial charge in [0.2, 0.25) is 5.91 Å². The highest BCUT2D eigenvalue weighted by Crippen LogP contribution is 2.20. The van der Waals surface area contributed by atoms with Crippen molar-refractivity contribution in [1.29, 1.82) is 0 Å². The van der Waals surface area contributed by atoms with Crippen LogP contribution in [0, 0.1) is 6.92 Å². The second kappa shape index (κ2) is 6.72. The monoisotopic (exact) mass is 343 g/mol. The minimum Gasteiger partial charge on any atom is -0.463 e. The fraction of sp³-hybridized carbons (Fsp3) is 0.118. The molecule has 0 aliphatic carbocycles. The van der Waals surface area contributed by atoms with Gasteiger partial charge in [0.25, 0.3) is 5.56 Å². The zero-order valence-electron chi connectivity index (χ0n) is 12.8. The lowest BCUT2D eigenvalue weighted by Gasteiger charge is -2.08. The summed E-state index contributed by atoms with van der Waals surface area (Å²) in [5, 5.41) is 3.26. The number of nitrogens with one attached hydrogen (secondary N) is 1. The van der Waals surface area contributed by atoms with Gasteiger partial charge in [-0.15, -0.1) is 0 Å². The first-order chi connectivity index (χ1) is 11.5.